The largest absolute Gasteiger partial charge is 0.484 e. The van der Waals surface area contributed by atoms with E-state index in [0.29, 0.717) is 13.1 Å². The van der Waals surface area contributed by atoms with Gasteiger partial charge in [0, 0.05) is 45.6 Å². The van der Waals surface area contributed by atoms with Gasteiger partial charge >= 0.3 is 0 Å². The number of imidazole rings is 1. The average Bonchev–Trinajstić information content (AvgIpc) is 3.00. The summed E-state index contributed by atoms with van der Waals surface area (Å²) >= 11 is 0. The van der Waals surface area contributed by atoms with Crippen LogP contribution >= 0.6 is 0 Å². The van der Waals surface area contributed by atoms with Crippen molar-refractivity contribution in [1.82, 2.24) is 14.5 Å². The molecule has 1 aliphatic rings. The summed E-state index contributed by atoms with van der Waals surface area (Å²) in [5, 5.41) is 0. The number of nitrogens with zero attached hydrogens (tertiary/aromatic N) is 4. The second-order valence-electron chi connectivity index (χ2n) is 5.76. The molecule has 6 nitrogen and oxygen atoms in total. The van der Waals surface area contributed by atoms with Crippen molar-refractivity contribution in [3.05, 3.63) is 42.2 Å². The molecule has 0 aliphatic carbocycles. The molecule has 1 aliphatic heterocycles. The van der Waals surface area contributed by atoms with Crippen LogP contribution in [-0.4, -0.2) is 53.1 Å². The number of piperazine rings is 1. The molecule has 1 fully saturated rings. The lowest BCUT2D eigenvalue weighted by atomic mass is 10.2. The Morgan fingerprint density at radius 3 is 2.61 bits per heavy atom. The molecule has 0 N–H and O–H groups in total. The first-order valence-corrected chi connectivity index (χ1v) is 7.83. The van der Waals surface area contributed by atoms with Gasteiger partial charge in [-0.05, 0) is 18.6 Å². The van der Waals surface area contributed by atoms with E-state index in [4.69, 9.17) is 4.74 Å². The van der Waals surface area contributed by atoms with Crippen LogP contribution in [0.5, 0.6) is 5.75 Å². The summed E-state index contributed by atoms with van der Waals surface area (Å²) in [6.45, 7) is 5.05. The molecule has 122 valence electrons. The maximum Gasteiger partial charge on any atom is 0.260 e. The summed E-state index contributed by atoms with van der Waals surface area (Å²) in [6, 6.07) is 7.74. The van der Waals surface area contributed by atoms with Gasteiger partial charge in [0.05, 0.1) is 0 Å². The van der Waals surface area contributed by atoms with Crippen LogP contribution in [0.2, 0.25) is 0 Å². The number of rotatable bonds is 4. The van der Waals surface area contributed by atoms with Gasteiger partial charge in [-0.1, -0.05) is 18.2 Å². The molecule has 6 heteroatoms. The molecule has 0 atom stereocenters. The summed E-state index contributed by atoms with van der Waals surface area (Å²) in [7, 11) is 1.98. The van der Waals surface area contributed by atoms with Crippen LogP contribution in [0.3, 0.4) is 0 Å². The molecular weight excluding hydrogens is 292 g/mol. The van der Waals surface area contributed by atoms with Gasteiger partial charge in [-0.25, -0.2) is 4.98 Å². The standard InChI is InChI=1S/C17H22N4O2/c1-14-5-3-4-6-15(14)23-13-16(22)20-9-11-21(12-10-20)17-18-7-8-19(17)2/h3-8H,9-13H2,1-2H3. The number of aryl methyl sites for hydroxylation is 2. The zero-order valence-electron chi connectivity index (χ0n) is 13.6. The van der Waals surface area contributed by atoms with Gasteiger partial charge in [0.15, 0.2) is 6.61 Å². The number of para-hydroxylation sites is 1. The average molecular weight is 314 g/mol. The number of anilines is 1. The predicted molar refractivity (Wildman–Crippen MR) is 88.7 cm³/mol. The quantitative estimate of drug-likeness (QED) is 0.857. The van der Waals surface area contributed by atoms with Crippen LogP contribution in [0.1, 0.15) is 5.56 Å². The molecule has 2 heterocycles. The van der Waals surface area contributed by atoms with E-state index in [9.17, 15) is 4.79 Å². The van der Waals surface area contributed by atoms with Crippen molar-refractivity contribution >= 4 is 11.9 Å². The minimum absolute atomic E-state index is 0.0349. The van der Waals surface area contributed by atoms with Crippen LogP contribution < -0.4 is 9.64 Å². The predicted octanol–water partition coefficient (Wildman–Crippen LogP) is 1.46. The highest BCUT2D eigenvalue weighted by atomic mass is 16.5. The third kappa shape index (κ3) is 3.47. The van der Waals surface area contributed by atoms with Gasteiger partial charge < -0.3 is 19.1 Å². The Balaban J connectivity index is 1.51. The molecule has 2 aromatic rings. The molecule has 1 aromatic heterocycles. The van der Waals surface area contributed by atoms with Crippen molar-refractivity contribution in [2.75, 3.05) is 37.7 Å². The molecule has 0 saturated carbocycles. The SMILES string of the molecule is Cc1ccccc1OCC(=O)N1CCN(c2nccn2C)CC1. The van der Waals surface area contributed by atoms with Crippen molar-refractivity contribution in [3.8, 4) is 5.75 Å². The lowest BCUT2D eigenvalue weighted by molar-refractivity contribution is -0.133. The summed E-state index contributed by atoms with van der Waals surface area (Å²) in [6.07, 6.45) is 3.73. The lowest BCUT2D eigenvalue weighted by Crippen LogP contribution is -2.50. The fraction of sp³-hybridized carbons (Fsp3) is 0.412. The molecule has 1 aromatic carbocycles. The maximum absolute atomic E-state index is 12.3. The van der Waals surface area contributed by atoms with Crippen LogP contribution in [0.25, 0.3) is 0 Å². The fourth-order valence-electron chi connectivity index (χ4n) is 2.77. The normalized spacial score (nSPS) is 14.9. The number of hydrogen-bond donors (Lipinski definition) is 0. The summed E-state index contributed by atoms with van der Waals surface area (Å²) in [4.78, 5) is 20.7. The molecule has 0 unspecified atom stereocenters. The van der Waals surface area contributed by atoms with E-state index in [0.717, 1.165) is 30.4 Å². The number of carbonyl (C=O) groups excluding carboxylic acids is 1. The molecule has 0 bridgehead atoms. The first-order valence-electron chi connectivity index (χ1n) is 7.83. The molecule has 1 amide bonds. The Labute approximate surface area is 136 Å². The second kappa shape index (κ2) is 6.73. The van der Waals surface area contributed by atoms with Crippen molar-refractivity contribution in [2.24, 2.45) is 7.05 Å². The summed E-state index contributed by atoms with van der Waals surface area (Å²) in [5.41, 5.74) is 1.04. The van der Waals surface area contributed by atoms with Gasteiger partial charge in [-0.15, -0.1) is 0 Å². The summed E-state index contributed by atoms with van der Waals surface area (Å²) < 4.78 is 7.65. The van der Waals surface area contributed by atoms with Gasteiger partial charge in [0.25, 0.3) is 5.91 Å². The van der Waals surface area contributed by atoms with E-state index < -0.39 is 0 Å². The van der Waals surface area contributed by atoms with Crippen molar-refractivity contribution in [3.63, 3.8) is 0 Å². The van der Waals surface area contributed by atoms with Crippen LogP contribution in [0.15, 0.2) is 36.7 Å². The Morgan fingerprint density at radius 1 is 1.22 bits per heavy atom. The zero-order chi connectivity index (χ0) is 16.2. The number of carbonyl (C=O) groups is 1. The van der Waals surface area contributed by atoms with Gasteiger partial charge in [0.1, 0.15) is 5.75 Å². The Morgan fingerprint density at radius 2 is 1.96 bits per heavy atom. The van der Waals surface area contributed by atoms with Crippen LogP contribution in [0.4, 0.5) is 5.95 Å². The number of amides is 1. The van der Waals surface area contributed by atoms with Crippen LogP contribution in [0, 0.1) is 6.92 Å². The van der Waals surface area contributed by atoms with E-state index in [1.165, 1.54) is 0 Å². The molecule has 3 rings (SSSR count). The minimum atomic E-state index is 0.0349. The summed E-state index contributed by atoms with van der Waals surface area (Å²) in [5.74, 6) is 1.76. The topological polar surface area (TPSA) is 50.6 Å². The fourth-order valence-corrected chi connectivity index (χ4v) is 2.77. The highest BCUT2D eigenvalue weighted by Crippen LogP contribution is 2.17. The molecule has 1 saturated heterocycles. The highest BCUT2D eigenvalue weighted by molar-refractivity contribution is 5.78. The first kappa shape index (κ1) is 15.4. The Hall–Kier alpha value is -2.50. The molecule has 0 radical (unpaired) electrons. The van der Waals surface area contributed by atoms with Crippen LogP contribution in [-0.2, 0) is 11.8 Å². The monoisotopic (exact) mass is 314 g/mol. The maximum atomic E-state index is 12.3. The smallest absolute Gasteiger partial charge is 0.260 e. The third-order valence-electron chi connectivity index (χ3n) is 4.16. The van der Waals surface area contributed by atoms with Crippen molar-refractivity contribution < 1.29 is 9.53 Å². The lowest BCUT2D eigenvalue weighted by Gasteiger charge is -2.35. The van der Waals surface area contributed by atoms with Crippen molar-refractivity contribution in [1.29, 1.82) is 0 Å². The number of benzene rings is 1. The number of hydrogen-bond acceptors (Lipinski definition) is 4. The minimum Gasteiger partial charge on any atom is -0.484 e. The van der Waals surface area contributed by atoms with Gasteiger partial charge in [0.2, 0.25) is 5.95 Å². The third-order valence-corrected chi connectivity index (χ3v) is 4.16. The molecule has 0 spiro atoms. The highest BCUT2D eigenvalue weighted by Gasteiger charge is 2.23. The second-order valence-corrected chi connectivity index (χ2v) is 5.76. The first-order chi connectivity index (χ1) is 11.1. The van der Waals surface area contributed by atoms with Crippen molar-refractivity contribution in [2.45, 2.75) is 6.92 Å². The number of ether oxygens (including phenoxy) is 1. The Kier molecular flexibility index (Phi) is 4.50. The Bertz CT molecular complexity index is 675. The molecular formula is C17H22N4O2. The van der Waals surface area contributed by atoms with E-state index in [2.05, 4.69) is 9.88 Å². The van der Waals surface area contributed by atoms with Gasteiger partial charge in [-0.3, -0.25) is 4.79 Å². The number of aromatic nitrogens is 2. The van der Waals surface area contributed by atoms with E-state index >= 15 is 0 Å². The van der Waals surface area contributed by atoms with E-state index in [-0.39, 0.29) is 12.5 Å². The van der Waals surface area contributed by atoms with Gasteiger partial charge in [-0.2, -0.15) is 0 Å². The van der Waals surface area contributed by atoms with E-state index in [1.807, 2.05) is 53.9 Å². The zero-order valence-corrected chi connectivity index (χ0v) is 13.6. The molecule has 23 heavy (non-hydrogen) atoms. The van der Waals surface area contributed by atoms with E-state index in [1.54, 1.807) is 6.20 Å².